The van der Waals surface area contributed by atoms with Crippen molar-refractivity contribution >= 4 is 37.1 Å². The third-order valence-corrected chi connectivity index (χ3v) is 12.1. The highest BCUT2D eigenvalue weighted by Gasteiger charge is 2.41. The van der Waals surface area contributed by atoms with Gasteiger partial charge >= 0.3 is 0 Å². The number of hydrogen-bond donors (Lipinski definition) is 0. The highest BCUT2D eigenvalue weighted by molar-refractivity contribution is 7.75. The highest BCUT2D eigenvalue weighted by Crippen LogP contribution is 2.58. The Hall–Kier alpha value is -2.26. The van der Waals surface area contributed by atoms with Crippen LogP contribution in [-0.2, 0) is 0 Å². The van der Waals surface area contributed by atoms with Crippen LogP contribution in [0.25, 0.3) is 0 Å². The third kappa shape index (κ3) is 5.63. The zero-order valence-electron chi connectivity index (χ0n) is 20.1. The van der Waals surface area contributed by atoms with E-state index in [4.69, 9.17) is 0 Å². The predicted octanol–water partition coefficient (Wildman–Crippen LogP) is 7.20. The first-order valence-corrected chi connectivity index (χ1v) is 14.4. The van der Waals surface area contributed by atoms with Crippen LogP contribution < -0.4 is 21.2 Å². The summed E-state index contributed by atoms with van der Waals surface area (Å²) in [4.78, 5) is 0. The summed E-state index contributed by atoms with van der Waals surface area (Å²) >= 11 is 0. The molecule has 33 heavy (non-hydrogen) atoms. The molecule has 2 heteroatoms. The lowest BCUT2D eigenvalue weighted by molar-refractivity contribution is 0.531. The minimum Gasteiger partial charge on any atom is -0.0622 e. The Labute approximate surface area is 202 Å². The van der Waals surface area contributed by atoms with Crippen LogP contribution in [0, 0.1) is 0 Å². The van der Waals surface area contributed by atoms with E-state index in [1.165, 1.54) is 21.2 Å². The maximum Gasteiger partial charge on any atom is -0.00622 e. The van der Waals surface area contributed by atoms with E-state index in [0.717, 1.165) is 6.42 Å². The van der Waals surface area contributed by atoms with Gasteiger partial charge in [0.15, 0.2) is 0 Å². The van der Waals surface area contributed by atoms with Gasteiger partial charge in [-0.1, -0.05) is 149 Å². The molecule has 4 aromatic carbocycles. The molecule has 0 spiro atoms. The molecule has 0 N–H and O–H groups in total. The topological polar surface area (TPSA) is 0 Å². The quantitative estimate of drug-likeness (QED) is 0.240. The fraction of sp³-hybridized carbons (Fsp3) is 0.226. The van der Waals surface area contributed by atoms with Gasteiger partial charge in [-0.3, -0.25) is 0 Å². The summed E-state index contributed by atoms with van der Waals surface area (Å²) in [6, 6.07) is 44.6. The van der Waals surface area contributed by atoms with E-state index in [9.17, 15) is 0 Å². The zero-order valence-corrected chi connectivity index (χ0v) is 21.9. The number of rotatable bonds is 8. The Balaban J connectivity index is 1.76. The SMILES string of the molecule is CC(C)(CC(C)(C)P(c1ccccc1)c1ccccc1)P(c1ccccc1)c1ccccc1. The van der Waals surface area contributed by atoms with Gasteiger partial charge in [0.1, 0.15) is 0 Å². The van der Waals surface area contributed by atoms with E-state index in [1.807, 2.05) is 0 Å². The van der Waals surface area contributed by atoms with Gasteiger partial charge in [0, 0.05) is 0 Å². The van der Waals surface area contributed by atoms with Crippen LogP contribution in [0.15, 0.2) is 121 Å². The van der Waals surface area contributed by atoms with Crippen LogP contribution in [0.2, 0.25) is 0 Å². The molecule has 0 saturated carbocycles. The van der Waals surface area contributed by atoms with Crippen LogP contribution in [-0.4, -0.2) is 10.3 Å². The van der Waals surface area contributed by atoms with Crippen molar-refractivity contribution in [2.45, 2.75) is 44.4 Å². The summed E-state index contributed by atoms with van der Waals surface area (Å²) in [5, 5.41) is 6.11. The van der Waals surface area contributed by atoms with Crippen LogP contribution in [0.3, 0.4) is 0 Å². The second kappa shape index (κ2) is 10.3. The van der Waals surface area contributed by atoms with Crippen LogP contribution >= 0.6 is 15.8 Å². The molecule has 0 heterocycles. The van der Waals surface area contributed by atoms with Crippen molar-refractivity contribution in [1.29, 1.82) is 0 Å². The van der Waals surface area contributed by atoms with Crippen LogP contribution in [0.4, 0.5) is 0 Å². The monoisotopic (exact) mass is 468 g/mol. The van der Waals surface area contributed by atoms with Crippen LogP contribution in [0.5, 0.6) is 0 Å². The summed E-state index contributed by atoms with van der Waals surface area (Å²) in [6.07, 6.45) is 1.14. The van der Waals surface area contributed by atoms with Gasteiger partial charge in [-0.2, -0.15) is 0 Å². The standard InChI is InChI=1S/C31H34P2/c1-30(2,32(26-17-9-5-10-18-26)27-19-11-6-12-20-27)25-31(3,4)33(28-21-13-7-14-22-28)29-23-15-8-16-24-29/h5-24H,25H2,1-4H3. The minimum atomic E-state index is -0.511. The molecule has 168 valence electrons. The Morgan fingerprint density at radius 3 is 0.818 bits per heavy atom. The summed E-state index contributed by atoms with van der Waals surface area (Å²) < 4.78 is 0. The second-order valence-electron chi connectivity index (χ2n) is 9.81. The van der Waals surface area contributed by atoms with Gasteiger partial charge in [-0.25, -0.2) is 0 Å². The van der Waals surface area contributed by atoms with Gasteiger partial charge in [0.25, 0.3) is 0 Å². The van der Waals surface area contributed by atoms with Crippen molar-refractivity contribution in [2.24, 2.45) is 0 Å². The molecule has 0 unspecified atom stereocenters. The summed E-state index contributed by atoms with van der Waals surface area (Å²) in [5.74, 6) is 0. The molecule has 0 fully saturated rings. The number of hydrogen-bond acceptors (Lipinski definition) is 0. The van der Waals surface area contributed by atoms with Crippen molar-refractivity contribution < 1.29 is 0 Å². The van der Waals surface area contributed by atoms with E-state index in [2.05, 4.69) is 149 Å². The molecule has 0 aromatic heterocycles. The average molecular weight is 469 g/mol. The first-order chi connectivity index (χ1) is 15.9. The second-order valence-corrected chi connectivity index (χ2v) is 15.6. The van der Waals surface area contributed by atoms with Gasteiger partial charge in [0.2, 0.25) is 0 Å². The molecule has 0 aliphatic heterocycles. The molecule has 0 amide bonds. The van der Waals surface area contributed by atoms with E-state index in [-0.39, 0.29) is 10.3 Å². The largest absolute Gasteiger partial charge is 0.0622 e. The fourth-order valence-electron chi connectivity index (χ4n) is 5.22. The lowest BCUT2D eigenvalue weighted by Crippen LogP contribution is -2.39. The van der Waals surface area contributed by atoms with Crippen molar-refractivity contribution in [1.82, 2.24) is 0 Å². The lowest BCUT2D eigenvalue weighted by Gasteiger charge is -2.45. The number of benzene rings is 4. The maximum atomic E-state index is 2.49. The van der Waals surface area contributed by atoms with Crippen molar-refractivity contribution in [3.8, 4) is 0 Å². The molecule has 0 atom stereocenters. The molecule has 0 nitrogen and oxygen atoms in total. The highest BCUT2D eigenvalue weighted by atomic mass is 31.1. The molecule has 0 saturated heterocycles. The molecule has 0 radical (unpaired) electrons. The van der Waals surface area contributed by atoms with Crippen molar-refractivity contribution in [3.05, 3.63) is 121 Å². The van der Waals surface area contributed by atoms with E-state index < -0.39 is 15.8 Å². The Morgan fingerprint density at radius 2 is 0.606 bits per heavy atom. The first kappa shape index (κ1) is 23.9. The average Bonchev–Trinajstić information content (AvgIpc) is 2.81. The minimum absolute atomic E-state index is 0.131. The maximum absolute atomic E-state index is 2.49. The Morgan fingerprint density at radius 1 is 0.394 bits per heavy atom. The predicted molar refractivity (Wildman–Crippen MR) is 151 cm³/mol. The Bertz CT molecular complexity index is 949. The molecular weight excluding hydrogens is 434 g/mol. The lowest BCUT2D eigenvalue weighted by atomic mass is 9.99. The van der Waals surface area contributed by atoms with Crippen molar-refractivity contribution in [2.75, 3.05) is 0 Å². The molecular formula is C31H34P2. The van der Waals surface area contributed by atoms with E-state index >= 15 is 0 Å². The zero-order chi connectivity index (χ0) is 23.3. The van der Waals surface area contributed by atoms with Gasteiger partial charge in [-0.05, 0) is 53.8 Å². The van der Waals surface area contributed by atoms with Crippen molar-refractivity contribution in [3.63, 3.8) is 0 Å². The fourth-order valence-corrected chi connectivity index (χ4v) is 11.7. The van der Waals surface area contributed by atoms with Gasteiger partial charge < -0.3 is 0 Å². The molecule has 0 aliphatic carbocycles. The van der Waals surface area contributed by atoms with E-state index in [1.54, 1.807) is 0 Å². The van der Waals surface area contributed by atoms with Gasteiger partial charge in [0.05, 0.1) is 0 Å². The van der Waals surface area contributed by atoms with E-state index in [0.29, 0.717) is 0 Å². The Kier molecular flexibility index (Phi) is 7.48. The normalized spacial score (nSPS) is 12.3. The summed E-state index contributed by atoms with van der Waals surface area (Å²) in [7, 11) is -1.02. The summed E-state index contributed by atoms with van der Waals surface area (Å²) in [5.41, 5.74) is 0. The molecule has 4 aromatic rings. The smallest absolute Gasteiger partial charge is 0.00622 e. The summed E-state index contributed by atoms with van der Waals surface area (Å²) in [6.45, 7) is 9.96. The molecule has 4 rings (SSSR count). The molecule has 0 bridgehead atoms. The van der Waals surface area contributed by atoms with Crippen LogP contribution in [0.1, 0.15) is 34.1 Å². The third-order valence-electron chi connectivity index (χ3n) is 6.13. The van der Waals surface area contributed by atoms with Gasteiger partial charge in [-0.15, -0.1) is 0 Å². The molecule has 0 aliphatic rings. The first-order valence-electron chi connectivity index (χ1n) is 11.7.